The van der Waals surface area contributed by atoms with Crippen molar-refractivity contribution in [3.63, 3.8) is 0 Å². The molecule has 108 valence electrons. The highest BCUT2D eigenvalue weighted by atomic mass is 127. The Bertz CT molecular complexity index is 387. The Morgan fingerprint density at radius 1 is 1.58 bits per heavy atom. The molecule has 0 saturated carbocycles. The molecule has 4 atom stereocenters. The van der Waals surface area contributed by atoms with Crippen molar-refractivity contribution in [2.75, 3.05) is 13.7 Å². The van der Waals surface area contributed by atoms with Crippen molar-refractivity contribution >= 4 is 34.7 Å². The van der Waals surface area contributed by atoms with Crippen molar-refractivity contribution in [3.8, 4) is 0 Å². The Hall–Kier alpha value is -0.610. The maximum absolute atomic E-state index is 11.6. The van der Waals surface area contributed by atoms with Crippen LogP contribution in [-0.2, 0) is 23.7 Å². The highest BCUT2D eigenvalue weighted by molar-refractivity contribution is 14.1. The van der Waals surface area contributed by atoms with Crippen LogP contribution in [-0.4, -0.2) is 53.7 Å². The van der Waals surface area contributed by atoms with Gasteiger partial charge in [0.05, 0.1) is 19.8 Å². The van der Waals surface area contributed by atoms with Gasteiger partial charge in [0.1, 0.15) is 16.1 Å². The molecule has 8 heteroatoms. The number of carbonyl (C=O) groups excluding carboxylic acids is 2. The smallest absolute Gasteiger partial charge is 0.407 e. The average Bonchev–Trinajstić information content (AvgIpc) is 2.90. The Morgan fingerprint density at radius 2 is 2.26 bits per heavy atom. The van der Waals surface area contributed by atoms with Crippen LogP contribution in [0.15, 0.2) is 0 Å². The van der Waals surface area contributed by atoms with Gasteiger partial charge in [-0.15, -0.1) is 0 Å². The molecule has 0 aromatic carbocycles. The maximum atomic E-state index is 11.6. The molecule has 2 saturated heterocycles. The van der Waals surface area contributed by atoms with Gasteiger partial charge in [-0.05, 0) is 13.8 Å². The van der Waals surface area contributed by atoms with E-state index in [1.54, 1.807) is 13.8 Å². The van der Waals surface area contributed by atoms with E-state index in [0.717, 1.165) is 0 Å². The van der Waals surface area contributed by atoms with E-state index in [1.807, 2.05) is 22.6 Å². The number of ether oxygens (including phenoxy) is 4. The Balaban J connectivity index is 2.10. The molecule has 0 spiro atoms. The summed E-state index contributed by atoms with van der Waals surface area (Å²) in [4.78, 5) is 23.0. The largest absolute Gasteiger partial charge is 0.468 e. The fourth-order valence-corrected chi connectivity index (χ4v) is 2.98. The zero-order valence-corrected chi connectivity index (χ0v) is 13.0. The van der Waals surface area contributed by atoms with Crippen LogP contribution in [0.4, 0.5) is 4.79 Å². The summed E-state index contributed by atoms with van der Waals surface area (Å²) in [5, 5.41) is 2.66. The third-order valence-corrected chi connectivity index (χ3v) is 4.24. The second-order valence-corrected chi connectivity index (χ2v) is 6.17. The van der Waals surface area contributed by atoms with Crippen LogP contribution in [0.5, 0.6) is 0 Å². The van der Waals surface area contributed by atoms with Gasteiger partial charge in [-0.1, -0.05) is 22.6 Å². The predicted octanol–water partition coefficient (Wildman–Crippen LogP) is 0.591. The van der Waals surface area contributed by atoms with Crippen LogP contribution in [0, 0.1) is 0 Å². The molecule has 0 aliphatic carbocycles. The minimum absolute atomic E-state index is 0.336. The molecule has 0 aromatic heterocycles. The lowest BCUT2D eigenvalue weighted by Gasteiger charge is -2.25. The Kier molecular flexibility index (Phi) is 4.21. The zero-order chi connectivity index (χ0) is 14.2. The second-order valence-electron chi connectivity index (χ2n) is 4.83. The quantitative estimate of drug-likeness (QED) is 0.435. The summed E-state index contributed by atoms with van der Waals surface area (Å²) < 4.78 is 20.4. The first-order valence-electron chi connectivity index (χ1n) is 5.85. The van der Waals surface area contributed by atoms with Crippen LogP contribution >= 0.6 is 22.6 Å². The molecule has 0 unspecified atom stereocenters. The summed E-state index contributed by atoms with van der Waals surface area (Å²) in [5.41, 5.74) is 0. The number of methoxy groups -OCH3 is 1. The van der Waals surface area contributed by atoms with Gasteiger partial charge in [0.15, 0.2) is 5.79 Å². The van der Waals surface area contributed by atoms with Crippen molar-refractivity contribution < 1.29 is 28.5 Å². The zero-order valence-electron chi connectivity index (χ0n) is 10.8. The van der Waals surface area contributed by atoms with Crippen LogP contribution < -0.4 is 5.32 Å². The SMILES string of the molecule is COC(=O)[C@@H](I)[C@H]1OC(=O)N[C@@H]1[C@@H]1COC(C)(C)O1. The summed E-state index contributed by atoms with van der Waals surface area (Å²) >= 11 is 1.90. The minimum atomic E-state index is -0.700. The van der Waals surface area contributed by atoms with Gasteiger partial charge >= 0.3 is 12.1 Å². The third kappa shape index (κ3) is 3.11. The van der Waals surface area contributed by atoms with Crippen LogP contribution in [0.3, 0.4) is 0 Å². The lowest BCUT2D eigenvalue weighted by atomic mass is 10.0. The molecular weight excluding hydrogens is 369 g/mol. The Morgan fingerprint density at radius 3 is 2.79 bits per heavy atom. The van der Waals surface area contributed by atoms with Crippen molar-refractivity contribution in [1.29, 1.82) is 0 Å². The number of rotatable bonds is 3. The number of alkyl carbamates (subject to hydrolysis) is 1. The molecule has 2 heterocycles. The van der Waals surface area contributed by atoms with Gasteiger partial charge in [0.25, 0.3) is 0 Å². The predicted molar refractivity (Wildman–Crippen MR) is 71.9 cm³/mol. The first kappa shape index (κ1) is 14.8. The number of amides is 1. The number of halogens is 1. The molecule has 2 rings (SSSR count). The van der Waals surface area contributed by atoms with Crippen molar-refractivity contribution in [2.24, 2.45) is 0 Å². The van der Waals surface area contributed by atoms with Crippen molar-refractivity contribution in [2.45, 2.75) is 41.8 Å². The number of cyclic esters (lactones) is 1. The van der Waals surface area contributed by atoms with E-state index in [1.165, 1.54) is 7.11 Å². The number of hydrogen-bond donors (Lipinski definition) is 1. The van der Waals surface area contributed by atoms with Crippen LogP contribution in [0.25, 0.3) is 0 Å². The van der Waals surface area contributed by atoms with E-state index in [0.29, 0.717) is 6.61 Å². The third-order valence-electron chi connectivity index (χ3n) is 3.03. The van der Waals surface area contributed by atoms with E-state index in [9.17, 15) is 9.59 Å². The van der Waals surface area contributed by atoms with Crippen LogP contribution in [0.2, 0.25) is 0 Å². The first-order chi connectivity index (χ1) is 8.84. The summed E-state index contributed by atoms with van der Waals surface area (Å²) in [7, 11) is 1.30. The number of esters is 1. The summed E-state index contributed by atoms with van der Waals surface area (Å²) in [6.45, 7) is 3.92. The Labute approximate surface area is 124 Å². The van der Waals surface area contributed by atoms with E-state index in [-0.39, 0.29) is 6.10 Å². The van der Waals surface area contributed by atoms with E-state index in [4.69, 9.17) is 14.2 Å². The lowest BCUT2D eigenvalue weighted by Crippen LogP contribution is -2.49. The number of alkyl halides is 1. The number of hydrogen-bond acceptors (Lipinski definition) is 6. The highest BCUT2D eigenvalue weighted by Gasteiger charge is 2.50. The molecular formula is C11H16INO6. The van der Waals surface area contributed by atoms with Crippen LogP contribution in [0.1, 0.15) is 13.8 Å². The van der Waals surface area contributed by atoms with Gasteiger partial charge < -0.3 is 24.3 Å². The van der Waals surface area contributed by atoms with Gasteiger partial charge in [0, 0.05) is 0 Å². The highest BCUT2D eigenvalue weighted by Crippen LogP contribution is 2.30. The fraction of sp³-hybridized carbons (Fsp3) is 0.818. The molecule has 2 aliphatic heterocycles. The maximum Gasteiger partial charge on any atom is 0.407 e. The van der Waals surface area contributed by atoms with Gasteiger partial charge in [-0.2, -0.15) is 0 Å². The monoisotopic (exact) mass is 385 g/mol. The van der Waals surface area contributed by atoms with E-state index >= 15 is 0 Å². The topological polar surface area (TPSA) is 83.1 Å². The second kappa shape index (κ2) is 5.41. The molecule has 2 fully saturated rings. The lowest BCUT2D eigenvalue weighted by molar-refractivity contribution is -0.145. The summed E-state index contributed by atoms with van der Waals surface area (Å²) in [5.74, 6) is -1.14. The van der Waals surface area contributed by atoms with Crippen molar-refractivity contribution in [1.82, 2.24) is 5.32 Å². The number of nitrogens with one attached hydrogen (secondary N) is 1. The summed E-state index contributed by atoms with van der Waals surface area (Å²) in [6, 6.07) is -0.435. The molecule has 1 amide bonds. The molecule has 2 aliphatic rings. The molecule has 19 heavy (non-hydrogen) atoms. The number of carbonyl (C=O) groups is 2. The normalized spacial score (nSPS) is 34.5. The molecule has 7 nitrogen and oxygen atoms in total. The molecule has 0 bridgehead atoms. The summed E-state index contributed by atoms with van der Waals surface area (Å²) in [6.07, 6.45) is -1.55. The van der Waals surface area contributed by atoms with Crippen molar-refractivity contribution in [3.05, 3.63) is 0 Å². The standard InChI is InChI=1S/C11H16INO6/c1-11(2)17-4-5(19-11)7-8(18-10(15)13-7)6(12)9(14)16-3/h5-8H,4H2,1-3H3,(H,13,15)/t5-,6-,7+,8+/m0/s1. The molecule has 0 aromatic rings. The van der Waals surface area contributed by atoms with Gasteiger partial charge in [-0.25, -0.2) is 4.79 Å². The molecule has 1 N–H and O–H groups in total. The fourth-order valence-electron chi connectivity index (χ4n) is 2.13. The average molecular weight is 385 g/mol. The molecule has 0 radical (unpaired) electrons. The van der Waals surface area contributed by atoms with E-state index in [2.05, 4.69) is 10.1 Å². The van der Waals surface area contributed by atoms with E-state index < -0.39 is 33.9 Å². The first-order valence-corrected chi connectivity index (χ1v) is 7.09. The van der Waals surface area contributed by atoms with Gasteiger partial charge in [-0.3, -0.25) is 4.79 Å². The van der Waals surface area contributed by atoms with Gasteiger partial charge in [0.2, 0.25) is 0 Å². The minimum Gasteiger partial charge on any atom is -0.468 e.